The van der Waals surface area contributed by atoms with Gasteiger partial charge in [-0.2, -0.15) is 0 Å². The summed E-state index contributed by atoms with van der Waals surface area (Å²) in [4.78, 5) is 21.8. The summed E-state index contributed by atoms with van der Waals surface area (Å²) < 4.78 is 2.06. The molecule has 3 rings (SSSR count). The lowest BCUT2D eigenvalue weighted by atomic mass is 10.0. The number of carbonyl (C=O) groups excluding carboxylic acids is 1. The Labute approximate surface area is 143 Å². The Balaban J connectivity index is 1.84. The first-order chi connectivity index (χ1) is 11.3. The molecule has 1 fully saturated rings. The number of nitrogens with zero attached hydrogens (tertiary/aromatic N) is 4. The number of rotatable bonds is 3. The first-order valence-electron chi connectivity index (χ1n) is 8.43. The molecule has 1 N–H and O–H groups in total. The van der Waals surface area contributed by atoms with Gasteiger partial charge in [0.2, 0.25) is 5.91 Å². The van der Waals surface area contributed by atoms with Gasteiger partial charge in [-0.1, -0.05) is 6.07 Å². The summed E-state index contributed by atoms with van der Waals surface area (Å²) in [6.45, 7) is 8.73. The number of amides is 1. The predicted molar refractivity (Wildman–Crippen MR) is 95.0 cm³/mol. The molecule has 0 unspecified atom stereocenters. The van der Waals surface area contributed by atoms with Crippen LogP contribution in [0.2, 0.25) is 0 Å². The zero-order valence-corrected chi connectivity index (χ0v) is 15.2. The van der Waals surface area contributed by atoms with Gasteiger partial charge in [-0.05, 0) is 46.5 Å². The lowest BCUT2D eigenvalue weighted by molar-refractivity contribution is -0.129. The third-order valence-electron chi connectivity index (χ3n) is 4.93. The van der Waals surface area contributed by atoms with Gasteiger partial charge in [-0.3, -0.25) is 9.69 Å². The van der Waals surface area contributed by atoms with E-state index < -0.39 is 5.54 Å². The van der Waals surface area contributed by atoms with Gasteiger partial charge in [0.15, 0.2) is 0 Å². The molecule has 0 aliphatic carbocycles. The van der Waals surface area contributed by atoms with Crippen molar-refractivity contribution in [3.8, 4) is 0 Å². The molecule has 0 aromatic carbocycles. The highest BCUT2D eigenvalue weighted by atomic mass is 16.2. The number of carbonyl (C=O) groups is 1. The smallest absolute Gasteiger partial charge is 0.239 e. The molecule has 130 valence electrons. The Morgan fingerprint density at radius 2 is 2.08 bits per heavy atom. The van der Waals surface area contributed by atoms with E-state index in [1.807, 2.05) is 39.4 Å². The van der Waals surface area contributed by atoms with E-state index in [0.717, 1.165) is 31.0 Å². The Morgan fingerprint density at radius 1 is 1.33 bits per heavy atom. The zero-order chi connectivity index (χ0) is 17.5. The van der Waals surface area contributed by atoms with E-state index in [1.54, 1.807) is 0 Å². The molecule has 1 saturated heterocycles. The predicted octanol–water partition coefficient (Wildman–Crippen LogP) is 1.24. The van der Waals surface area contributed by atoms with E-state index >= 15 is 0 Å². The number of nitrogens with one attached hydrogen (secondary N) is 1. The van der Waals surface area contributed by atoms with Crippen LogP contribution in [0.4, 0.5) is 0 Å². The zero-order valence-electron chi connectivity index (χ0n) is 15.2. The summed E-state index contributed by atoms with van der Waals surface area (Å²) in [7, 11) is 4.07. The Kier molecular flexibility index (Phi) is 4.36. The molecule has 2 aromatic heterocycles. The number of likely N-dealkylation sites (N-methyl/N-ethyl adjacent to an activating group) is 2. The van der Waals surface area contributed by atoms with Gasteiger partial charge < -0.3 is 14.6 Å². The van der Waals surface area contributed by atoms with Gasteiger partial charge in [0, 0.05) is 25.8 Å². The van der Waals surface area contributed by atoms with Crippen LogP contribution in [0.25, 0.3) is 5.52 Å². The fourth-order valence-corrected chi connectivity index (χ4v) is 3.37. The van der Waals surface area contributed by atoms with E-state index in [4.69, 9.17) is 0 Å². The molecule has 24 heavy (non-hydrogen) atoms. The first-order valence-corrected chi connectivity index (χ1v) is 8.43. The first kappa shape index (κ1) is 16.9. The number of pyridine rings is 1. The molecule has 0 radical (unpaired) electrons. The molecule has 6 nitrogen and oxygen atoms in total. The fraction of sp³-hybridized carbons (Fsp3) is 0.556. The van der Waals surface area contributed by atoms with Crippen molar-refractivity contribution in [2.75, 3.05) is 33.7 Å². The van der Waals surface area contributed by atoms with Crippen molar-refractivity contribution in [1.29, 1.82) is 0 Å². The van der Waals surface area contributed by atoms with E-state index in [9.17, 15) is 4.79 Å². The van der Waals surface area contributed by atoms with Crippen LogP contribution in [-0.4, -0.2) is 64.9 Å². The quantitative estimate of drug-likeness (QED) is 0.920. The summed E-state index contributed by atoms with van der Waals surface area (Å²) >= 11 is 0. The van der Waals surface area contributed by atoms with Crippen molar-refractivity contribution in [3.05, 3.63) is 35.9 Å². The second-order valence-corrected chi connectivity index (χ2v) is 7.40. The van der Waals surface area contributed by atoms with E-state index in [0.29, 0.717) is 0 Å². The van der Waals surface area contributed by atoms with Crippen LogP contribution in [0.5, 0.6) is 0 Å². The van der Waals surface area contributed by atoms with Gasteiger partial charge in [-0.25, -0.2) is 4.98 Å². The van der Waals surface area contributed by atoms with Crippen molar-refractivity contribution in [2.24, 2.45) is 0 Å². The molecule has 0 bridgehead atoms. The molecule has 1 amide bonds. The van der Waals surface area contributed by atoms with Gasteiger partial charge in [0.05, 0.1) is 17.3 Å². The van der Waals surface area contributed by atoms with Crippen molar-refractivity contribution in [1.82, 2.24) is 24.5 Å². The topological polar surface area (TPSA) is 52.9 Å². The lowest BCUT2D eigenvalue weighted by Crippen LogP contribution is -2.59. The van der Waals surface area contributed by atoms with Crippen LogP contribution in [0.3, 0.4) is 0 Å². The Hall–Kier alpha value is -1.92. The minimum absolute atomic E-state index is 0.0541. The number of aromatic nitrogens is 2. The highest BCUT2D eigenvalue weighted by Crippen LogP contribution is 2.22. The molecule has 2 aromatic rings. The normalized spacial score (nSPS) is 20.5. The van der Waals surface area contributed by atoms with Crippen LogP contribution in [0.15, 0.2) is 24.5 Å². The SMILES string of the molecule is Cc1cccn2c(C(C)(C)NC(=O)[C@@H]3CN(C)CCN3C)ncc12. The van der Waals surface area contributed by atoms with Crippen molar-refractivity contribution >= 4 is 11.4 Å². The summed E-state index contributed by atoms with van der Waals surface area (Å²) in [6, 6.07) is 3.95. The van der Waals surface area contributed by atoms with Crippen molar-refractivity contribution < 1.29 is 4.79 Å². The molecule has 1 aliphatic heterocycles. The van der Waals surface area contributed by atoms with Gasteiger partial charge in [-0.15, -0.1) is 0 Å². The molecule has 1 aliphatic rings. The highest BCUT2D eigenvalue weighted by Gasteiger charge is 2.34. The van der Waals surface area contributed by atoms with Crippen LogP contribution in [-0.2, 0) is 10.3 Å². The standard InChI is InChI=1S/C18H27N5O/c1-13-7-6-8-23-14(13)11-19-17(23)18(2,3)20-16(24)15-12-21(4)9-10-22(15)5/h6-8,11,15H,9-10,12H2,1-5H3,(H,20,24)/t15-/m0/s1. The number of piperazine rings is 1. The van der Waals surface area contributed by atoms with E-state index in [1.165, 1.54) is 5.56 Å². The summed E-state index contributed by atoms with van der Waals surface area (Å²) in [6.07, 6.45) is 3.87. The van der Waals surface area contributed by atoms with Gasteiger partial charge >= 0.3 is 0 Å². The third-order valence-corrected chi connectivity index (χ3v) is 4.93. The number of hydrogen-bond acceptors (Lipinski definition) is 4. The van der Waals surface area contributed by atoms with Crippen LogP contribution >= 0.6 is 0 Å². The van der Waals surface area contributed by atoms with Crippen molar-refractivity contribution in [3.63, 3.8) is 0 Å². The second kappa shape index (κ2) is 6.18. The van der Waals surface area contributed by atoms with Crippen LogP contribution in [0, 0.1) is 6.92 Å². The number of hydrogen-bond donors (Lipinski definition) is 1. The van der Waals surface area contributed by atoms with Crippen LogP contribution in [0.1, 0.15) is 25.2 Å². The molecule has 0 spiro atoms. The van der Waals surface area contributed by atoms with E-state index in [-0.39, 0.29) is 11.9 Å². The second-order valence-electron chi connectivity index (χ2n) is 7.40. The third kappa shape index (κ3) is 3.03. The number of fused-ring (bicyclic) bond motifs is 1. The lowest BCUT2D eigenvalue weighted by Gasteiger charge is -2.38. The average Bonchev–Trinajstić information content (AvgIpc) is 2.95. The monoisotopic (exact) mass is 329 g/mol. The average molecular weight is 329 g/mol. The fourth-order valence-electron chi connectivity index (χ4n) is 3.37. The largest absolute Gasteiger partial charge is 0.343 e. The van der Waals surface area contributed by atoms with Gasteiger partial charge in [0.25, 0.3) is 0 Å². The highest BCUT2D eigenvalue weighted by molar-refractivity contribution is 5.83. The molecule has 1 atom stereocenters. The summed E-state index contributed by atoms with van der Waals surface area (Å²) in [5.41, 5.74) is 1.70. The Morgan fingerprint density at radius 3 is 2.83 bits per heavy atom. The molecule has 6 heteroatoms. The Bertz CT molecular complexity index is 751. The van der Waals surface area contributed by atoms with Crippen molar-refractivity contribution in [2.45, 2.75) is 32.4 Å². The maximum atomic E-state index is 12.9. The maximum Gasteiger partial charge on any atom is 0.239 e. The minimum Gasteiger partial charge on any atom is -0.343 e. The number of aryl methyl sites for hydroxylation is 1. The molecular weight excluding hydrogens is 302 g/mol. The van der Waals surface area contributed by atoms with Crippen LogP contribution < -0.4 is 5.32 Å². The molecule has 3 heterocycles. The maximum absolute atomic E-state index is 12.9. The summed E-state index contributed by atoms with van der Waals surface area (Å²) in [5.74, 6) is 0.903. The van der Waals surface area contributed by atoms with Gasteiger partial charge in [0.1, 0.15) is 11.9 Å². The van der Waals surface area contributed by atoms with E-state index in [2.05, 4.69) is 44.5 Å². The molecule has 0 saturated carbocycles. The molecular formula is C18H27N5O. The minimum atomic E-state index is -0.547. The summed E-state index contributed by atoms with van der Waals surface area (Å²) in [5, 5.41) is 3.20. The number of imidazole rings is 1.